The van der Waals surface area contributed by atoms with Gasteiger partial charge in [-0.25, -0.2) is 0 Å². The molecule has 0 saturated heterocycles. The molecule has 0 aliphatic heterocycles. The molecule has 0 aliphatic carbocycles. The summed E-state index contributed by atoms with van der Waals surface area (Å²) in [5, 5.41) is 2.95. The highest BCUT2D eigenvalue weighted by Gasteiger charge is 2.11. The van der Waals surface area contributed by atoms with Crippen LogP contribution in [0.3, 0.4) is 0 Å². The molecular formula is C13H22N3O+. The average molecular weight is 236 g/mol. The van der Waals surface area contributed by atoms with Crippen molar-refractivity contribution in [3.63, 3.8) is 0 Å². The molecular weight excluding hydrogens is 214 g/mol. The Bertz CT molecular complexity index is 359. The Balaban J connectivity index is 2.54. The minimum absolute atomic E-state index is 0.0574. The fourth-order valence-electron chi connectivity index (χ4n) is 1.44. The smallest absolute Gasteiger partial charge is 0.286 e. The number of pyridine rings is 1. The second-order valence-electron chi connectivity index (χ2n) is 4.50. The fraction of sp³-hybridized carbons (Fsp3) is 0.538. The predicted molar refractivity (Wildman–Crippen MR) is 68.9 cm³/mol. The summed E-state index contributed by atoms with van der Waals surface area (Å²) in [6, 6.07) is 4.23. The molecule has 1 aromatic heterocycles. The third-order valence-electron chi connectivity index (χ3n) is 2.74. The Hall–Kier alpha value is -1.58. The Morgan fingerprint density at radius 3 is 2.47 bits per heavy atom. The first-order chi connectivity index (χ1) is 8.02. The third-order valence-corrected chi connectivity index (χ3v) is 2.74. The minimum atomic E-state index is 0.0574. The Kier molecular flexibility index (Phi) is 4.94. The first-order valence-corrected chi connectivity index (χ1v) is 5.98. The molecule has 1 heterocycles. The van der Waals surface area contributed by atoms with Crippen LogP contribution in [0.15, 0.2) is 24.5 Å². The highest BCUT2D eigenvalue weighted by Crippen LogP contribution is 2.05. The maximum absolute atomic E-state index is 11.7. The number of anilines is 1. The Labute approximate surface area is 103 Å². The molecule has 1 atom stereocenters. The van der Waals surface area contributed by atoms with E-state index in [2.05, 4.69) is 12.2 Å². The molecule has 0 saturated carbocycles. The summed E-state index contributed by atoms with van der Waals surface area (Å²) in [6.07, 6.45) is 4.80. The first-order valence-electron chi connectivity index (χ1n) is 5.98. The number of carbonyl (C=O) groups is 1. The van der Waals surface area contributed by atoms with E-state index in [0.29, 0.717) is 6.54 Å². The number of hydrogen-bond acceptors (Lipinski definition) is 2. The number of rotatable bonds is 5. The molecule has 1 aromatic rings. The van der Waals surface area contributed by atoms with Crippen LogP contribution in [0.4, 0.5) is 5.69 Å². The van der Waals surface area contributed by atoms with Crippen molar-refractivity contribution < 1.29 is 9.36 Å². The van der Waals surface area contributed by atoms with Gasteiger partial charge in [0.15, 0.2) is 12.4 Å². The normalized spacial score (nSPS) is 12.0. The van der Waals surface area contributed by atoms with Gasteiger partial charge < -0.3 is 10.2 Å². The summed E-state index contributed by atoms with van der Waals surface area (Å²) in [4.78, 5) is 13.7. The number of hydrogen-bond donors (Lipinski definition) is 1. The van der Waals surface area contributed by atoms with Crippen LogP contribution in [-0.2, 0) is 11.3 Å². The SMILES string of the molecule is CC[C@H](C)NC(=O)C[n+]1ccc(N(C)C)cc1. The van der Waals surface area contributed by atoms with E-state index < -0.39 is 0 Å². The number of aromatic nitrogens is 1. The van der Waals surface area contributed by atoms with Gasteiger partial charge in [-0.3, -0.25) is 4.79 Å². The van der Waals surface area contributed by atoms with Crippen molar-refractivity contribution in [2.24, 2.45) is 0 Å². The quantitative estimate of drug-likeness (QED) is 0.773. The molecule has 1 rings (SSSR count). The largest absolute Gasteiger partial charge is 0.377 e. The molecule has 94 valence electrons. The zero-order valence-electron chi connectivity index (χ0n) is 11.1. The summed E-state index contributed by atoms with van der Waals surface area (Å²) in [5.41, 5.74) is 1.13. The van der Waals surface area contributed by atoms with E-state index in [-0.39, 0.29) is 11.9 Å². The molecule has 0 aromatic carbocycles. The van der Waals surface area contributed by atoms with Gasteiger partial charge in [0.05, 0.1) is 0 Å². The van der Waals surface area contributed by atoms with E-state index in [0.717, 1.165) is 12.1 Å². The van der Waals surface area contributed by atoms with Crippen LogP contribution in [0, 0.1) is 0 Å². The van der Waals surface area contributed by atoms with Crippen molar-refractivity contribution in [3.05, 3.63) is 24.5 Å². The van der Waals surface area contributed by atoms with Gasteiger partial charge in [0, 0.05) is 38.0 Å². The van der Waals surface area contributed by atoms with Gasteiger partial charge >= 0.3 is 0 Å². The molecule has 17 heavy (non-hydrogen) atoms. The molecule has 4 heteroatoms. The molecule has 1 N–H and O–H groups in total. The van der Waals surface area contributed by atoms with Crippen molar-refractivity contribution >= 4 is 11.6 Å². The van der Waals surface area contributed by atoms with E-state index in [1.54, 1.807) is 0 Å². The summed E-state index contributed by atoms with van der Waals surface area (Å²) in [5.74, 6) is 0.0574. The van der Waals surface area contributed by atoms with Crippen LogP contribution in [0.5, 0.6) is 0 Å². The van der Waals surface area contributed by atoms with E-state index in [1.807, 2.05) is 55.0 Å². The third kappa shape index (κ3) is 4.43. The minimum Gasteiger partial charge on any atom is -0.377 e. The number of carbonyl (C=O) groups excluding carboxylic acids is 1. The van der Waals surface area contributed by atoms with Crippen LogP contribution in [0.2, 0.25) is 0 Å². The maximum Gasteiger partial charge on any atom is 0.286 e. The highest BCUT2D eigenvalue weighted by atomic mass is 16.2. The van der Waals surface area contributed by atoms with E-state index in [1.165, 1.54) is 0 Å². The second kappa shape index (κ2) is 6.23. The fourth-order valence-corrected chi connectivity index (χ4v) is 1.44. The monoisotopic (exact) mass is 236 g/mol. The lowest BCUT2D eigenvalue weighted by Crippen LogP contribution is -2.44. The van der Waals surface area contributed by atoms with Gasteiger partial charge in [0.2, 0.25) is 6.54 Å². The molecule has 0 unspecified atom stereocenters. The van der Waals surface area contributed by atoms with E-state index in [4.69, 9.17) is 0 Å². The van der Waals surface area contributed by atoms with Gasteiger partial charge in [0.1, 0.15) is 0 Å². The van der Waals surface area contributed by atoms with E-state index in [9.17, 15) is 4.79 Å². The number of amides is 1. The maximum atomic E-state index is 11.7. The van der Waals surface area contributed by atoms with Gasteiger partial charge in [-0.2, -0.15) is 4.57 Å². The van der Waals surface area contributed by atoms with Crippen molar-refractivity contribution in [1.29, 1.82) is 0 Å². The van der Waals surface area contributed by atoms with Gasteiger partial charge in [-0.1, -0.05) is 6.92 Å². The molecule has 4 nitrogen and oxygen atoms in total. The van der Waals surface area contributed by atoms with Crippen LogP contribution >= 0.6 is 0 Å². The second-order valence-corrected chi connectivity index (χ2v) is 4.50. The van der Waals surface area contributed by atoms with Crippen LogP contribution in [-0.4, -0.2) is 26.0 Å². The van der Waals surface area contributed by atoms with E-state index >= 15 is 0 Å². The number of nitrogens with one attached hydrogen (secondary N) is 1. The molecule has 0 radical (unpaired) electrons. The first kappa shape index (κ1) is 13.5. The zero-order valence-corrected chi connectivity index (χ0v) is 11.1. The predicted octanol–water partition coefficient (Wildman–Crippen LogP) is 0.955. The van der Waals surface area contributed by atoms with Gasteiger partial charge in [0.25, 0.3) is 5.91 Å². The Morgan fingerprint density at radius 2 is 2.00 bits per heavy atom. The Morgan fingerprint density at radius 1 is 1.41 bits per heavy atom. The lowest BCUT2D eigenvalue weighted by molar-refractivity contribution is -0.684. The molecule has 0 fully saturated rings. The summed E-state index contributed by atoms with van der Waals surface area (Å²) in [7, 11) is 3.99. The van der Waals surface area contributed by atoms with Crippen molar-refractivity contribution in [1.82, 2.24) is 5.32 Å². The summed E-state index contributed by atoms with van der Waals surface area (Å²) < 4.78 is 1.88. The molecule has 0 spiro atoms. The van der Waals surface area contributed by atoms with Crippen LogP contribution in [0.1, 0.15) is 20.3 Å². The lowest BCUT2D eigenvalue weighted by atomic mass is 10.2. The van der Waals surface area contributed by atoms with Crippen LogP contribution < -0.4 is 14.8 Å². The highest BCUT2D eigenvalue weighted by molar-refractivity contribution is 5.74. The number of nitrogens with zero attached hydrogens (tertiary/aromatic N) is 2. The summed E-state index contributed by atoms with van der Waals surface area (Å²) in [6.45, 7) is 4.44. The van der Waals surface area contributed by atoms with Gasteiger partial charge in [-0.05, 0) is 13.3 Å². The van der Waals surface area contributed by atoms with Crippen LogP contribution in [0.25, 0.3) is 0 Å². The molecule has 0 bridgehead atoms. The molecule has 0 aliphatic rings. The summed E-state index contributed by atoms with van der Waals surface area (Å²) >= 11 is 0. The van der Waals surface area contributed by atoms with Gasteiger partial charge in [-0.15, -0.1) is 0 Å². The van der Waals surface area contributed by atoms with Crippen molar-refractivity contribution in [2.45, 2.75) is 32.9 Å². The van der Waals surface area contributed by atoms with Crippen molar-refractivity contribution in [2.75, 3.05) is 19.0 Å². The zero-order chi connectivity index (χ0) is 12.8. The van der Waals surface area contributed by atoms with Crippen molar-refractivity contribution in [3.8, 4) is 0 Å². The standard InChI is InChI=1S/C13H21N3O/c1-5-11(2)14-13(17)10-16-8-6-12(7-9-16)15(3)4/h6-9,11H,5,10H2,1-4H3/p+1/t11-/m0/s1. The average Bonchev–Trinajstić information content (AvgIpc) is 2.29. The molecule has 1 amide bonds. The topological polar surface area (TPSA) is 36.2 Å². The lowest BCUT2D eigenvalue weighted by Gasteiger charge is -2.11.